The van der Waals surface area contributed by atoms with Crippen LogP contribution in [-0.2, 0) is 22.3 Å². The van der Waals surface area contributed by atoms with Gasteiger partial charge in [0.1, 0.15) is 24.8 Å². The summed E-state index contributed by atoms with van der Waals surface area (Å²) in [7, 11) is 0. The Hall–Kier alpha value is -4.52. The van der Waals surface area contributed by atoms with Gasteiger partial charge in [0.2, 0.25) is 11.8 Å². The monoisotopic (exact) mass is 523 g/mol. The van der Waals surface area contributed by atoms with Crippen molar-refractivity contribution in [1.82, 2.24) is 0 Å². The van der Waals surface area contributed by atoms with Gasteiger partial charge in [-0.05, 0) is 48.2 Å². The molecule has 2 atom stereocenters. The maximum absolute atomic E-state index is 15.2. The van der Waals surface area contributed by atoms with Crippen LogP contribution in [0.1, 0.15) is 22.3 Å². The molecular formula is C32H27F2N3O2. The fourth-order valence-electron chi connectivity index (χ4n) is 4.92. The van der Waals surface area contributed by atoms with Crippen LogP contribution in [-0.4, -0.2) is 37.1 Å². The summed E-state index contributed by atoms with van der Waals surface area (Å²) in [6.07, 6.45) is 1.38. The van der Waals surface area contributed by atoms with Crippen molar-refractivity contribution >= 4 is 23.2 Å². The molecule has 0 aliphatic carbocycles. The molecule has 0 bridgehead atoms. The van der Waals surface area contributed by atoms with E-state index in [9.17, 15) is 0 Å². The zero-order valence-corrected chi connectivity index (χ0v) is 21.2. The third-order valence-corrected chi connectivity index (χ3v) is 6.78. The number of aliphatic imine (C=N–C) groups is 2. The molecule has 0 fully saturated rings. The van der Waals surface area contributed by atoms with Crippen molar-refractivity contribution in [2.24, 2.45) is 9.98 Å². The van der Waals surface area contributed by atoms with Gasteiger partial charge >= 0.3 is 0 Å². The van der Waals surface area contributed by atoms with Crippen molar-refractivity contribution < 1.29 is 18.3 Å². The van der Waals surface area contributed by atoms with Gasteiger partial charge in [0.25, 0.3) is 0 Å². The van der Waals surface area contributed by atoms with E-state index in [4.69, 9.17) is 9.47 Å². The first kappa shape index (κ1) is 24.8. The van der Waals surface area contributed by atoms with Crippen LogP contribution in [0.15, 0.2) is 107 Å². The minimum atomic E-state index is -0.477. The van der Waals surface area contributed by atoms with Gasteiger partial charge in [0.15, 0.2) is 0 Å². The van der Waals surface area contributed by atoms with E-state index in [0.717, 1.165) is 11.1 Å². The second-order valence-electron chi connectivity index (χ2n) is 9.63. The predicted octanol–water partition coefficient (Wildman–Crippen LogP) is 6.48. The maximum atomic E-state index is 15.2. The Labute approximate surface area is 225 Å². The van der Waals surface area contributed by atoms with Crippen LogP contribution in [0.5, 0.6) is 0 Å². The molecule has 0 saturated heterocycles. The van der Waals surface area contributed by atoms with Gasteiger partial charge in [-0.1, -0.05) is 72.8 Å². The minimum Gasteiger partial charge on any atom is -0.475 e. The van der Waals surface area contributed by atoms with Crippen LogP contribution >= 0.6 is 0 Å². The third kappa shape index (κ3) is 5.53. The Morgan fingerprint density at radius 2 is 1.03 bits per heavy atom. The van der Waals surface area contributed by atoms with E-state index in [0.29, 0.717) is 37.4 Å². The number of rotatable bonds is 8. The Balaban J connectivity index is 1.27. The highest BCUT2D eigenvalue weighted by atomic mass is 19.1. The SMILES string of the molecule is Fc1cccc(Nc2cccc(F)c2C2=N[C@@H](Cc3ccccc3)CO2)c1C1=N[C@@H](Cc2ccccc2)CO1. The van der Waals surface area contributed by atoms with Crippen LogP contribution in [0.3, 0.4) is 0 Å². The Bertz CT molecular complexity index is 1410. The zero-order chi connectivity index (χ0) is 26.6. The largest absolute Gasteiger partial charge is 0.475 e. The molecule has 0 amide bonds. The molecule has 1 N–H and O–H groups in total. The zero-order valence-electron chi connectivity index (χ0n) is 21.2. The summed E-state index contributed by atoms with van der Waals surface area (Å²) in [6, 6.07) is 29.1. The summed E-state index contributed by atoms with van der Waals surface area (Å²) < 4.78 is 42.1. The average Bonchev–Trinajstić information content (AvgIpc) is 3.60. The van der Waals surface area contributed by atoms with Crippen molar-refractivity contribution in [3.8, 4) is 0 Å². The van der Waals surface area contributed by atoms with E-state index in [1.54, 1.807) is 24.3 Å². The molecule has 0 spiro atoms. The number of ether oxygens (including phenoxy) is 2. The molecule has 2 aliphatic heterocycles. The summed E-state index contributed by atoms with van der Waals surface area (Å²) in [6.45, 7) is 0.716. The van der Waals surface area contributed by atoms with E-state index in [1.807, 2.05) is 60.7 Å². The molecule has 196 valence electrons. The molecule has 6 rings (SSSR count). The van der Waals surface area contributed by atoms with Crippen molar-refractivity contribution in [2.45, 2.75) is 24.9 Å². The topological polar surface area (TPSA) is 55.2 Å². The van der Waals surface area contributed by atoms with Gasteiger partial charge in [-0.15, -0.1) is 0 Å². The van der Waals surface area contributed by atoms with E-state index >= 15 is 8.78 Å². The highest BCUT2D eigenvalue weighted by molar-refractivity contribution is 6.04. The number of halogens is 2. The Morgan fingerprint density at radius 3 is 1.46 bits per heavy atom. The number of hydrogen-bond donors (Lipinski definition) is 1. The highest BCUT2D eigenvalue weighted by Crippen LogP contribution is 2.31. The summed E-state index contributed by atoms with van der Waals surface area (Å²) in [5, 5.41) is 3.20. The van der Waals surface area contributed by atoms with E-state index < -0.39 is 11.6 Å². The standard InChI is InChI=1S/C32H27F2N3O2/c33-25-13-7-15-27(29(25)31-35-23(19-38-31)17-21-9-3-1-4-10-21)37-28-16-8-14-26(34)30(28)32-36-24(20-39-32)18-22-11-5-2-6-12-22/h1-16,23-24,37H,17-20H2/t23-,24-/m0/s1. The summed E-state index contributed by atoms with van der Waals surface area (Å²) in [4.78, 5) is 9.35. The normalized spacial score (nSPS) is 18.2. The smallest absolute Gasteiger partial charge is 0.221 e. The van der Waals surface area contributed by atoms with E-state index in [2.05, 4.69) is 15.3 Å². The van der Waals surface area contributed by atoms with Gasteiger partial charge in [0.05, 0.1) is 34.6 Å². The fraction of sp³-hybridized carbons (Fsp3) is 0.188. The Morgan fingerprint density at radius 1 is 0.590 bits per heavy atom. The lowest BCUT2D eigenvalue weighted by atomic mass is 10.1. The number of nitrogens with zero attached hydrogens (tertiary/aromatic N) is 2. The molecule has 7 heteroatoms. The quantitative estimate of drug-likeness (QED) is 0.287. The average molecular weight is 524 g/mol. The highest BCUT2D eigenvalue weighted by Gasteiger charge is 2.28. The second-order valence-corrected chi connectivity index (χ2v) is 9.63. The molecule has 2 heterocycles. The number of nitrogens with one attached hydrogen (secondary N) is 1. The molecule has 0 radical (unpaired) electrons. The van der Waals surface area contributed by atoms with Gasteiger partial charge in [0, 0.05) is 0 Å². The van der Waals surface area contributed by atoms with E-state index in [1.165, 1.54) is 12.1 Å². The molecule has 5 nitrogen and oxygen atoms in total. The van der Waals surface area contributed by atoms with Crippen LogP contribution in [0.4, 0.5) is 20.2 Å². The summed E-state index contributed by atoms with van der Waals surface area (Å²) >= 11 is 0. The molecule has 4 aromatic rings. The first-order valence-corrected chi connectivity index (χ1v) is 13.0. The lowest BCUT2D eigenvalue weighted by molar-refractivity contribution is 0.316. The maximum Gasteiger partial charge on any atom is 0.221 e. The lowest BCUT2D eigenvalue weighted by Gasteiger charge is -2.16. The second kappa shape index (κ2) is 11.1. The van der Waals surface area contributed by atoms with E-state index in [-0.39, 0.29) is 35.0 Å². The van der Waals surface area contributed by atoms with Crippen LogP contribution in [0.2, 0.25) is 0 Å². The van der Waals surface area contributed by atoms with Crippen molar-refractivity contribution in [3.63, 3.8) is 0 Å². The first-order valence-electron chi connectivity index (χ1n) is 13.0. The van der Waals surface area contributed by atoms with Gasteiger partial charge < -0.3 is 14.8 Å². The lowest BCUT2D eigenvalue weighted by Crippen LogP contribution is -2.12. The van der Waals surface area contributed by atoms with Gasteiger partial charge in [-0.2, -0.15) is 0 Å². The molecule has 4 aromatic carbocycles. The number of hydrogen-bond acceptors (Lipinski definition) is 5. The van der Waals surface area contributed by atoms with Crippen molar-refractivity contribution in [1.29, 1.82) is 0 Å². The van der Waals surface area contributed by atoms with Crippen molar-refractivity contribution in [3.05, 3.63) is 131 Å². The predicted molar refractivity (Wildman–Crippen MR) is 149 cm³/mol. The van der Waals surface area contributed by atoms with Crippen LogP contribution in [0.25, 0.3) is 0 Å². The summed E-state index contributed by atoms with van der Waals surface area (Å²) in [5.41, 5.74) is 3.52. The van der Waals surface area contributed by atoms with Gasteiger partial charge in [-0.25, -0.2) is 18.8 Å². The van der Waals surface area contributed by atoms with Gasteiger partial charge in [-0.3, -0.25) is 0 Å². The molecule has 0 saturated carbocycles. The third-order valence-electron chi connectivity index (χ3n) is 6.78. The molecular weight excluding hydrogens is 496 g/mol. The molecule has 2 aliphatic rings. The molecule has 39 heavy (non-hydrogen) atoms. The van der Waals surface area contributed by atoms with Crippen molar-refractivity contribution in [2.75, 3.05) is 18.5 Å². The number of anilines is 2. The van der Waals surface area contributed by atoms with Crippen LogP contribution in [0, 0.1) is 11.6 Å². The number of benzene rings is 4. The molecule has 0 aromatic heterocycles. The Kier molecular flexibility index (Phi) is 7.04. The minimum absolute atomic E-state index is 0.123. The summed E-state index contributed by atoms with van der Waals surface area (Å²) in [5.74, 6) is -0.498. The first-order chi connectivity index (χ1) is 19.1. The fourth-order valence-corrected chi connectivity index (χ4v) is 4.92. The van der Waals surface area contributed by atoms with Crippen LogP contribution < -0.4 is 5.32 Å². The molecule has 0 unspecified atom stereocenters.